The average Bonchev–Trinajstić information content (AvgIpc) is 3.42. The van der Waals surface area contributed by atoms with Gasteiger partial charge in [-0.05, 0) is 57.8 Å². The second-order valence-corrected chi connectivity index (χ2v) is 20.4. The van der Waals surface area contributed by atoms with Crippen molar-refractivity contribution in [2.45, 2.75) is 266 Å². The number of amides is 1. The molecule has 0 aromatic carbocycles. The zero-order chi connectivity index (χ0) is 55.5. The molecule has 3 aliphatic rings. The van der Waals surface area contributed by atoms with Crippen molar-refractivity contribution in [1.29, 1.82) is 0 Å². The number of aliphatic hydroxyl groups is 11. The molecule has 3 aliphatic heterocycles. The monoisotopic (exact) mass is 1090 g/mol. The molecule has 76 heavy (non-hydrogen) atoms. The van der Waals surface area contributed by atoms with Gasteiger partial charge in [-0.1, -0.05) is 158 Å². The number of unbranched alkanes of at least 4 members (excludes halogenated alkanes) is 16. The van der Waals surface area contributed by atoms with Gasteiger partial charge >= 0.3 is 0 Å². The number of rotatable bonds is 40. The summed E-state index contributed by atoms with van der Waals surface area (Å²) in [7, 11) is 0. The molecule has 1 amide bonds. The molecule has 0 spiro atoms. The Kier molecular flexibility index (Phi) is 36.2. The van der Waals surface area contributed by atoms with E-state index in [1.807, 2.05) is 6.08 Å². The van der Waals surface area contributed by atoms with Crippen molar-refractivity contribution >= 4 is 5.91 Å². The Morgan fingerprint density at radius 1 is 0.487 bits per heavy atom. The van der Waals surface area contributed by atoms with E-state index >= 15 is 0 Å². The van der Waals surface area contributed by atoms with Crippen molar-refractivity contribution < 1.29 is 89.4 Å². The first-order chi connectivity index (χ1) is 36.8. The van der Waals surface area contributed by atoms with Crippen molar-refractivity contribution in [2.75, 3.05) is 26.4 Å². The molecule has 17 atom stereocenters. The molecule has 440 valence electrons. The summed E-state index contributed by atoms with van der Waals surface area (Å²) in [5.41, 5.74) is 0. The number of carbonyl (C=O) groups excluding carboxylic acids is 1. The molecule has 3 rings (SSSR count). The van der Waals surface area contributed by atoms with Gasteiger partial charge in [0.2, 0.25) is 5.91 Å². The Hall–Kier alpha value is -2.51. The van der Waals surface area contributed by atoms with E-state index in [9.17, 15) is 61.0 Å². The lowest BCUT2D eigenvalue weighted by Gasteiger charge is -2.48. The number of allylic oxidation sites excluding steroid dienone is 9. The van der Waals surface area contributed by atoms with Crippen LogP contribution in [-0.4, -0.2) is 193 Å². The third-order valence-corrected chi connectivity index (χ3v) is 14.1. The van der Waals surface area contributed by atoms with E-state index in [2.05, 4.69) is 67.8 Å². The number of hydrogen-bond acceptors (Lipinski definition) is 18. The number of aliphatic hydroxyl groups excluding tert-OH is 11. The van der Waals surface area contributed by atoms with Gasteiger partial charge in [0.05, 0.1) is 38.6 Å². The Labute approximate surface area is 452 Å². The quantitative estimate of drug-likeness (QED) is 0.0304. The molecule has 0 radical (unpaired) electrons. The molecular formula is C57H99NO18. The maximum absolute atomic E-state index is 13.3. The van der Waals surface area contributed by atoms with Gasteiger partial charge in [0, 0.05) is 6.42 Å². The maximum atomic E-state index is 13.3. The zero-order valence-corrected chi connectivity index (χ0v) is 45.5. The number of hydrogen-bond donors (Lipinski definition) is 12. The first-order valence-electron chi connectivity index (χ1n) is 28.5. The van der Waals surface area contributed by atoms with Crippen molar-refractivity contribution in [3.05, 3.63) is 60.8 Å². The third-order valence-electron chi connectivity index (χ3n) is 14.1. The first-order valence-corrected chi connectivity index (χ1v) is 28.5. The second-order valence-electron chi connectivity index (χ2n) is 20.4. The molecule has 19 nitrogen and oxygen atoms in total. The van der Waals surface area contributed by atoms with Gasteiger partial charge in [0.25, 0.3) is 0 Å². The predicted octanol–water partition coefficient (Wildman–Crippen LogP) is 4.09. The Morgan fingerprint density at radius 2 is 0.908 bits per heavy atom. The minimum Gasteiger partial charge on any atom is -0.394 e. The molecule has 0 aliphatic carbocycles. The van der Waals surface area contributed by atoms with E-state index in [1.165, 1.54) is 44.9 Å². The summed E-state index contributed by atoms with van der Waals surface area (Å²) in [5, 5.41) is 120. The normalized spacial score (nSPS) is 31.4. The Morgan fingerprint density at radius 3 is 1.42 bits per heavy atom. The van der Waals surface area contributed by atoms with Gasteiger partial charge in [-0.25, -0.2) is 0 Å². The van der Waals surface area contributed by atoms with Gasteiger partial charge < -0.3 is 89.9 Å². The van der Waals surface area contributed by atoms with Crippen LogP contribution in [0.4, 0.5) is 0 Å². The highest BCUT2D eigenvalue weighted by Crippen LogP contribution is 2.33. The predicted molar refractivity (Wildman–Crippen MR) is 286 cm³/mol. The molecule has 12 N–H and O–H groups in total. The molecule has 0 aromatic rings. The third kappa shape index (κ3) is 24.9. The number of ether oxygens (including phenoxy) is 6. The molecule has 3 heterocycles. The van der Waals surface area contributed by atoms with Crippen LogP contribution >= 0.6 is 0 Å². The van der Waals surface area contributed by atoms with E-state index in [0.717, 1.165) is 89.9 Å². The minimum atomic E-state index is -1.98. The minimum absolute atomic E-state index is 0.224. The summed E-state index contributed by atoms with van der Waals surface area (Å²) < 4.78 is 34.2. The topological polar surface area (TPSA) is 307 Å². The molecule has 19 heteroatoms. The van der Waals surface area contributed by atoms with Crippen molar-refractivity contribution in [3.8, 4) is 0 Å². The average molecular weight is 1090 g/mol. The van der Waals surface area contributed by atoms with Crippen LogP contribution in [0.15, 0.2) is 60.8 Å². The lowest BCUT2D eigenvalue weighted by atomic mass is 9.96. The highest BCUT2D eigenvalue weighted by atomic mass is 16.8. The molecule has 0 saturated carbocycles. The zero-order valence-electron chi connectivity index (χ0n) is 45.5. The molecule has 0 bridgehead atoms. The van der Waals surface area contributed by atoms with Crippen LogP contribution in [0.5, 0.6) is 0 Å². The first kappa shape index (κ1) is 67.8. The summed E-state index contributed by atoms with van der Waals surface area (Å²) in [6, 6.07) is -0.981. The molecule has 17 unspecified atom stereocenters. The van der Waals surface area contributed by atoms with Crippen LogP contribution < -0.4 is 5.32 Å². The number of carbonyl (C=O) groups is 1. The van der Waals surface area contributed by atoms with Crippen LogP contribution in [0.3, 0.4) is 0 Å². The Balaban J connectivity index is 1.52. The standard InChI is InChI=1S/C57H99NO18/c1-3-5-7-9-11-13-15-17-18-19-20-21-22-23-25-27-29-31-33-35-45(63)58-40(41(62)34-32-30-28-26-24-16-14-12-10-8-6-4-2)39-71-55-51(69)48(66)53(43(37-60)73-55)76-57-52(70)49(67)54(44(38-61)74-57)75-56-50(68)47(65)46(64)42(36-59)72-56/h5,7,11,13,17-18,20-21,32,34,40-44,46-57,59-62,64-70H,3-4,6,8-10,12,14-16,19,22-31,33,35-39H2,1-2H3,(H,58,63)/b7-5-,13-11-,18-17-,21-20-,34-32+. The van der Waals surface area contributed by atoms with Crippen LogP contribution in [0.2, 0.25) is 0 Å². The van der Waals surface area contributed by atoms with Gasteiger partial charge in [-0.3, -0.25) is 4.79 Å². The summed E-state index contributed by atoms with van der Waals surface area (Å²) in [4.78, 5) is 13.3. The highest BCUT2D eigenvalue weighted by molar-refractivity contribution is 5.76. The van der Waals surface area contributed by atoms with Gasteiger partial charge in [0.15, 0.2) is 18.9 Å². The van der Waals surface area contributed by atoms with E-state index < -0.39 is 124 Å². The summed E-state index contributed by atoms with van der Waals surface area (Å²) >= 11 is 0. The van der Waals surface area contributed by atoms with Crippen molar-refractivity contribution in [2.24, 2.45) is 0 Å². The molecule has 3 fully saturated rings. The fourth-order valence-corrected chi connectivity index (χ4v) is 9.36. The maximum Gasteiger partial charge on any atom is 0.220 e. The van der Waals surface area contributed by atoms with Crippen LogP contribution in [0.1, 0.15) is 162 Å². The van der Waals surface area contributed by atoms with Crippen molar-refractivity contribution in [3.63, 3.8) is 0 Å². The largest absolute Gasteiger partial charge is 0.394 e. The second kappa shape index (κ2) is 40.6. The van der Waals surface area contributed by atoms with E-state index in [0.29, 0.717) is 6.42 Å². The Bertz CT molecular complexity index is 1630. The van der Waals surface area contributed by atoms with E-state index in [4.69, 9.17) is 28.4 Å². The summed E-state index contributed by atoms with van der Waals surface area (Å²) in [6.07, 6.45) is 17.8. The van der Waals surface area contributed by atoms with Gasteiger partial charge in [-0.15, -0.1) is 0 Å². The SMILES string of the molecule is CC/C=C\C/C=C\C/C=C\C/C=C\CCCCCCCCC(=O)NC(COC1OC(CO)C(OC2OC(CO)C(OC3OC(CO)C(O)C(O)C3O)C(O)C2O)C(O)C1O)C(O)/C=C/CCCCCCCCCCCC. The van der Waals surface area contributed by atoms with Crippen LogP contribution in [0, 0.1) is 0 Å². The molecular weight excluding hydrogens is 987 g/mol. The number of nitrogens with one attached hydrogen (secondary N) is 1. The fourth-order valence-electron chi connectivity index (χ4n) is 9.36. The van der Waals surface area contributed by atoms with E-state index in [-0.39, 0.29) is 18.9 Å². The van der Waals surface area contributed by atoms with Crippen molar-refractivity contribution in [1.82, 2.24) is 5.32 Å². The molecule has 0 aromatic heterocycles. The summed E-state index contributed by atoms with van der Waals surface area (Å²) in [5.74, 6) is -0.294. The van der Waals surface area contributed by atoms with Gasteiger partial charge in [0.1, 0.15) is 73.2 Å². The smallest absolute Gasteiger partial charge is 0.220 e. The summed E-state index contributed by atoms with van der Waals surface area (Å²) in [6.45, 7) is 1.56. The lowest BCUT2D eigenvalue weighted by molar-refractivity contribution is -0.379. The fraction of sp³-hybridized carbons (Fsp3) is 0.807. The van der Waals surface area contributed by atoms with E-state index in [1.54, 1.807) is 6.08 Å². The highest BCUT2D eigenvalue weighted by Gasteiger charge is 2.53. The van der Waals surface area contributed by atoms with Crippen LogP contribution in [-0.2, 0) is 33.2 Å². The lowest BCUT2D eigenvalue weighted by Crippen LogP contribution is -2.66. The molecule has 3 saturated heterocycles. The van der Waals surface area contributed by atoms with Crippen LogP contribution in [0.25, 0.3) is 0 Å². The van der Waals surface area contributed by atoms with Gasteiger partial charge in [-0.2, -0.15) is 0 Å².